The number of imidazole rings is 1. The van der Waals surface area contributed by atoms with Gasteiger partial charge in [0, 0.05) is 45.0 Å². The summed E-state index contributed by atoms with van der Waals surface area (Å²) in [5.74, 6) is 2.29. The lowest BCUT2D eigenvalue weighted by Gasteiger charge is -2.39. The van der Waals surface area contributed by atoms with Crippen LogP contribution in [0.2, 0.25) is 0 Å². The van der Waals surface area contributed by atoms with Crippen LogP contribution in [0.1, 0.15) is 43.1 Å². The molecule has 220 valence electrons. The van der Waals surface area contributed by atoms with E-state index in [4.69, 9.17) is 9.72 Å². The predicted octanol–water partition coefficient (Wildman–Crippen LogP) is 5.61. The van der Waals surface area contributed by atoms with Gasteiger partial charge in [-0.3, -0.25) is 9.69 Å². The zero-order valence-corrected chi connectivity index (χ0v) is 25.0. The number of aromatic nitrogens is 2. The van der Waals surface area contributed by atoms with E-state index in [1.54, 1.807) is 7.11 Å². The number of piperidine rings is 1. The Kier molecular flexibility index (Phi) is 8.75. The van der Waals surface area contributed by atoms with Crippen LogP contribution in [-0.4, -0.2) is 71.6 Å². The summed E-state index contributed by atoms with van der Waals surface area (Å²) in [7, 11) is 1.69. The lowest BCUT2D eigenvalue weighted by Crippen LogP contribution is -2.52. The third-order valence-electron chi connectivity index (χ3n) is 8.88. The van der Waals surface area contributed by atoms with E-state index in [1.807, 2.05) is 18.2 Å². The number of hydrogen-bond donors (Lipinski definition) is 0. The van der Waals surface area contributed by atoms with E-state index < -0.39 is 0 Å². The van der Waals surface area contributed by atoms with E-state index in [2.05, 4.69) is 80.8 Å². The van der Waals surface area contributed by atoms with Crippen LogP contribution < -0.4 is 9.64 Å². The maximum Gasteiger partial charge on any atom is 0.227 e. The number of nitrogens with zero attached hydrogens (tertiary/aromatic N) is 5. The van der Waals surface area contributed by atoms with Gasteiger partial charge in [-0.1, -0.05) is 49.7 Å². The summed E-state index contributed by atoms with van der Waals surface area (Å²) in [6.45, 7) is 8.89. The highest BCUT2D eigenvalue weighted by Gasteiger charge is 2.31. The molecule has 2 saturated heterocycles. The second kappa shape index (κ2) is 13.0. The predicted molar refractivity (Wildman–Crippen MR) is 169 cm³/mol. The number of aryl methyl sites for hydroxylation is 1. The molecule has 1 aromatic heterocycles. The molecule has 7 nitrogen and oxygen atoms in total. The van der Waals surface area contributed by atoms with Crippen LogP contribution in [0, 0.1) is 5.92 Å². The second-order valence-electron chi connectivity index (χ2n) is 11.8. The van der Waals surface area contributed by atoms with Gasteiger partial charge in [-0.2, -0.15) is 0 Å². The first kappa shape index (κ1) is 28.3. The van der Waals surface area contributed by atoms with Crippen LogP contribution in [-0.2, 0) is 24.3 Å². The van der Waals surface area contributed by atoms with Crippen molar-refractivity contribution >= 4 is 22.6 Å². The molecule has 0 N–H and O–H groups in total. The molecular formula is C35H43N5O2. The number of benzene rings is 3. The van der Waals surface area contributed by atoms with Crippen molar-refractivity contribution in [2.45, 2.75) is 45.7 Å². The molecule has 1 atom stereocenters. The lowest BCUT2D eigenvalue weighted by molar-refractivity contribution is -0.137. The maximum absolute atomic E-state index is 13.7. The topological polar surface area (TPSA) is 53.8 Å². The minimum absolute atomic E-state index is 0.0537. The molecule has 6 rings (SSSR count). The van der Waals surface area contributed by atoms with Crippen LogP contribution >= 0.6 is 0 Å². The zero-order chi connectivity index (χ0) is 28.9. The lowest BCUT2D eigenvalue weighted by atomic mass is 9.96. The van der Waals surface area contributed by atoms with Crippen molar-refractivity contribution in [2.24, 2.45) is 5.92 Å². The summed E-state index contributed by atoms with van der Waals surface area (Å²) in [5, 5.41) is 0. The largest absolute Gasteiger partial charge is 0.497 e. The Morgan fingerprint density at radius 2 is 1.62 bits per heavy atom. The number of carbonyl (C=O) groups is 1. The zero-order valence-electron chi connectivity index (χ0n) is 25.0. The van der Waals surface area contributed by atoms with Crippen molar-refractivity contribution in [3.05, 3.63) is 89.7 Å². The summed E-state index contributed by atoms with van der Waals surface area (Å²) in [6, 6.07) is 25.6. The minimum Gasteiger partial charge on any atom is -0.497 e. The Hall–Kier alpha value is -3.84. The van der Waals surface area contributed by atoms with Crippen molar-refractivity contribution < 1.29 is 9.53 Å². The van der Waals surface area contributed by atoms with Crippen LogP contribution in [0.3, 0.4) is 0 Å². The van der Waals surface area contributed by atoms with E-state index in [0.717, 1.165) is 94.2 Å². The van der Waals surface area contributed by atoms with Crippen LogP contribution in [0.25, 0.3) is 11.0 Å². The van der Waals surface area contributed by atoms with Gasteiger partial charge < -0.3 is 19.1 Å². The normalized spacial score (nSPS) is 18.0. The molecule has 7 heteroatoms. The Labute approximate surface area is 249 Å². The van der Waals surface area contributed by atoms with Gasteiger partial charge in [0.2, 0.25) is 5.91 Å². The average Bonchev–Trinajstić information content (AvgIpc) is 3.38. The minimum atomic E-state index is 0.0537. The molecule has 2 aliphatic heterocycles. The number of fused-ring (bicyclic) bond motifs is 1. The number of anilines is 1. The molecule has 2 fully saturated rings. The van der Waals surface area contributed by atoms with Gasteiger partial charge in [-0.05, 0) is 73.3 Å². The fourth-order valence-corrected chi connectivity index (χ4v) is 6.54. The monoisotopic (exact) mass is 565 g/mol. The number of piperazine rings is 1. The van der Waals surface area contributed by atoms with Crippen molar-refractivity contribution in [3.8, 4) is 5.75 Å². The molecule has 0 unspecified atom stereocenters. The van der Waals surface area contributed by atoms with Gasteiger partial charge in [0.1, 0.15) is 11.6 Å². The summed E-state index contributed by atoms with van der Waals surface area (Å²) >= 11 is 0. The fraction of sp³-hybridized carbons (Fsp3) is 0.429. The van der Waals surface area contributed by atoms with Crippen molar-refractivity contribution in [3.63, 3.8) is 0 Å². The third kappa shape index (κ3) is 6.31. The highest BCUT2D eigenvalue weighted by molar-refractivity contribution is 5.79. The molecule has 1 amide bonds. The number of amides is 1. The third-order valence-corrected chi connectivity index (χ3v) is 8.88. The number of rotatable bonds is 9. The van der Waals surface area contributed by atoms with E-state index in [-0.39, 0.29) is 5.92 Å². The molecule has 0 bridgehead atoms. The number of carbonyl (C=O) groups excluding carboxylic acids is 1. The first-order valence-corrected chi connectivity index (χ1v) is 15.5. The molecule has 0 radical (unpaired) electrons. The van der Waals surface area contributed by atoms with Gasteiger partial charge in [0.25, 0.3) is 0 Å². The van der Waals surface area contributed by atoms with Crippen LogP contribution in [0.15, 0.2) is 72.8 Å². The Morgan fingerprint density at radius 3 is 2.36 bits per heavy atom. The van der Waals surface area contributed by atoms with Gasteiger partial charge in [-0.25, -0.2) is 4.98 Å². The number of methoxy groups -OCH3 is 1. The number of para-hydroxylation sites is 2. The Morgan fingerprint density at radius 1 is 0.881 bits per heavy atom. The molecule has 4 aromatic rings. The van der Waals surface area contributed by atoms with Gasteiger partial charge in [-0.15, -0.1) is 0 Å². The molecule has 0 aliphatic carbocycles. The standard InChI is InChI=1S/C35H43N5O2/c1-3-7-27-11-15-30(16-12-27)38-20-22-39(23-21-38)35(41)29-8-6-19-37(25-29)26-34-36-32-9-4-5-10-33(32)40(34)24-28-13-17-31(42-2)18-14-28/h4-5,9-18,29H,3,6-8,19-26H2,1-2H3/t29-/m0/s1. The summed E-state index contributed by atoms with van der Waals surface area (Å²) in [4.78, 5) is 25.7. The van der Waals surface area contributed by atoms with E-state index in [1.165, 1.54) is 23.2 Å². The quantitative estimate of drug-likeness (QED) is 0.264. The van der Waals surface area contributed by atoms with Gasteiger partial charge >= 0.3 is 0 Å². The molecule has 3 aromatic carbocycles. The Bertz CT molecular complexity index is 1470. The smallest absolute Gasteiger partial charge is 0.227 e. The van der Waals surface area contributed by atoms with Crippen molar-refractivity contribution in [2.75, 3.05) is 51.3 Å². The highest BCUT2D eigenvalue weighted by Crippen LogP contribution is 2.25. The summed E-state index contributed by atoms with van der Waals surface area (Å²) in [5.41, 5.74) is 6.04. The number of likely N-dealkylation sites (tertiary alicyclic amines) is 1. The fourth-order valence-electron chi connectivity index (χ4n) is 6.54. The molecule has 0 spiro atoms. The van der Waals surface area contributed by atoms with Crippen molar-refractivity contribution in [1.82, 2.24) is 19.4 Å². The van der Waals surface area contributed by atoms with E-state index >= 15 is 0 Å². The molecular weight excluding hydrogens is 522 g/mol. The second-order valence-corrected chi connectivity index (χ2v) is 11.8. The Balaban J connectivity index is 1.09. The molecule has 0 saturated carbocycles. The SMILES string of the molecule is CCCc1ccc(N2CCN(C(=O)[C@H]3CCCN(Cc4nc5ccccc5n4Cc4ccc(OC)cc4)C3)CC2)cc1. The molecule has 2 aliphatic rings. The van der Waals surface area contributed by atoms with Crippen molar-refractivity contribution in [1.29, 1.82) is 0 Å². The van der Waals surface area contributed by atoms with Crippen LogP contribution in [0.5, 0.6) is 5.75 Å². The van der Waals surface area contributed by atoms with Crippen LogP contribution in [0.4, 0.5) is 5.69 Å². The molecule has 3 heterocycles. The number of ether oxygens (including phenoxy) is 1. The number of hydrogen-bond acceptors (Lipinski definition) is 5. The maximum atomic E-state index is 13.7. The van der Waals surface area contributed by atoms with Gasteiger partial charge in [0.15, 0.2) is 0 Å². The first-order chi connectivity index (χ1) is 20.6. The summed E-state index contributed by atoms with van der Waals surface area (Å²) in [6.07, 6.45) is 4.31. The first-order valence-electron chi connectivity index (χ1n) is 15.5. The molecule has 42 heavy (non-hydrogen) atoms. The van der Waals surface area contributed by atoms with Gasteiger partial charge in [0.05, 0.1) is 30.6 Å². The average molecular weight is 566 g/mol. The van der Waals surface area contributed by atoms with E-state index in [0.29, 0.717) is 5.91 Å². The summed E-state index contributed by atoms with van der Waals surface area (Å²) < 4.78 is 7.68. The van der Waals surface area contributed by atoms with E-state index in [9.17, 15) is 4.79 Å². The highest BCUT2D eigenvalue weighted by atomic mass is 16.5.